The molecular weight excluding hydrogens is 170 g/mol. The van der Waals surface area contributed by atoms with Gasteiger partial charge in [0.15, 0.2) is 5.76 Å². The van der Waals surface area contributed by atoms with Gasteiger partial charge in [-0.3, -0.25) is 4.55 Å². The molecule has 0 atom stereocenters. The fourth-order valence-corrected chi connectivity index (χ4v) is 0.447. The molecule has 7 heteroatoms. The largest absolute Gasteiger partial charge is 0.506 e. The molecule has 0 spiro atoms. The Bertz CT molecular complexity index is 241. The molecule has 60 valence electrons. The smallest absolute Gasteiger partial charge is 0.424 e. The Morgan fingerprint density at radius 1 is 1.50 bits per heavy atom. The van der Waals surface area contributed by atoms with Crippen LogP contribution in [-0.2, 0) is 10.1 Å². The molecule has 0 aromatic heterocycles. The zero-order chi connectivity index (χ0) is 8.58. The molecular formula is C3H4F2O4S. The van der Waals surface area contributed by atoms with Crippen LogP contribution in [0.4, 0.5) is 8.78 Å². The monoisotopic (exact) mass is 174 g/mol. The molecule has 2 N–H and O–H groups in total. The van der Waals surface area contributed by atoms with Gasteiger partial charge in [0.1, 0.15) is 0 Å². The zero-order valence-corrected chi connectivity index (χ0v) is 5.40. The van der Waals surface area contributed by atoms with Crippen LogP contribution in [0.5, 0.6) is 0 Å². The Balaban J connectivity index is 4.95. The van der Waals surface area contributed by atoms with Crippen molar-refractivity contribution >= 4 is 10.1 Å². The van der Waals surface area contributed by atoms with Crippen molar-refractivity contribution < 1.29 is 26.9 Å². The van der Waals surface area contributed by atoms with Gasteiger partial charge in [-0.05, 0) is 0 Å². The summed E-state index contributed by atoms with van der Waals surface area (Å²) in [4.78, 5) is 0. The third kappa shape index (κ3) is 1.42. The van der Waals surface area contributed by atoms with Gasteiger partial charge in [-0.2, -0.15) is 17.2 Å². The first kappa shape index (κ1) is 9.31. The fraction of sp³-hybridized carbons (Fsp3) is 0.333. The second-order valence-electron chi connectivity index (χ2n) is 1.44. The van der Waals surface area contributed by atoms with Crippen molar-refractivity contribution in [3.05, 3.63) is 12.3 Å². The zero-order valence-electron chi connectivity index (χ0n) is 4.58. The highest BCUT2D eigenvalue weighted by molar-refractivity contribution is 7.87. The second-order valence-corrected chi connectivity index (χ2v) is 2.90. The minimum atomic E-state index is -5.58. The minimum Gasteiger partial charge on any atom is -0.506 e. The van der Waals surface area contributed by atoms with Crippen molar-refractivity contribution in [1.29, 1.82) is 0 Å². The maximum atomic E-state index is 11.9. The predicted octanol–water partition coefficient (Wildman–Crippen LogP) is 0.539. The predicted molar refractivity (Wildman–Crippen MR) is 28.3 cm³/mol. The van der Waals surface area contributed by atoms with Gasteiger partial charge in [0.2, 0.25) is 0 Å². The number of hydrogen-bond donors (Lipinski definition) is 2. The fourth-order valence-electron chi connectivity index (χ4n) is 0.149. The van der Waals surface area contributed by atoms with E-state index in [9.17, 15) is 17.2 Å². The Kier molecular flexibility index (Phi) is 2.02. The van der Waals surface area contributed by atoms with E-state index in [1.54, 1.807) is 0 Å². The minimum absolute atomic E-state index is 1.91. The number of hydrogen-bond acceptors (Lipinski definition) is 3. The molecule has 0 heterocycles. The molecule has 0 aliphatic heterocycles. The summed E-state index contributed by atoms with van der Waals surface area (Å²) < 4.78 is 50.8. The van der Waals surface area contributed by atoms with Crippen molar-refractivity contribution in [1.82, 2.24) is 0 Å². The normalized spacial score (nSPS) is 13.1. The summed E-state index contributed by atoms with van der Waals surface area (Å²) in [7, 11) is -5.58. The summed E-state index contributed by atoms with van der Waals surface area (Å²) in [6, 6.07) is 0. The topological polar surface area (TPSA) is 74.6 Å². The maximum Gasteiger partial charge on any atom is 0.424 e. The Morgan fingerprint density at radius 2 is 1.80 bits per heavy atom. The quantitative estimate of drug-likeness (QED) is 0.473. The van der Waals surface area contributed by atoms with Gasteiger partial charge in [0, 0.05) is 0 Å². The van der Waals surface area contributed by atoms with E-state index < -0.39 is 21.1 Å². The number of rotatable bonds is 2. The summed E-state index contributed by atoms with van der Waals surface area (Å²) in [5.74, 6) is -1.91. The average Bonchev–Trinajstić information content (AvgIpc) is 1.62. The Morgan fingerprint density at radius 3 is 1.80 bits per heavy atom. The molecule has 0 unspecified atom stereocenters. The van der Waals surface area contributed by atoms with E-state index in [1.807, 2.05) is 0 Å². The van der Waals surface area contributed by atoms with Gasteiger partial charge < -0.3 is 5.11 Å². The summed E-state index contributed by atoms with van der Waals surface area (Å²) in [5, 5.41) is 3.26. The van der Waals surface area contributed by atoms with E-state index in [2.05, 4.69) is 6.58 Å². The van der Waals surface area contributed by atoms with Gasteiger partial charge >= 0.3 is 15.4 Å². The van der Waals surface area contributed by atoms with Crippen LogP contribution in [0.15, 0.2) is 12.3 Å². The Hall–Kier alpha value is -0.690. The standard InChI is InChI=1S/C3H4F2O4S/c1-2(6)3(4,5)10(7,8)9/h6H,1H2,(H,7,8,9). The highest BCUT2D eigenvalue weighted by atomic mass is 32.2. The van der Waals surface area contributed by atoms with Gasteiger partial charge in [-0.15, -0.1) is 0 Å². The maximum absolute atomic E-state index is 11.9. The lowest BCUT2D eigenvalue weighted by Crippen LogP contribution is -2.29. The Labute approximate surface area is 55.5 Å². The first-order chi connectivity index (χ1) is 4.19. The van der Waals surface area contributed by atoms with Crippen molar-refractivity contribution in [2.24, 2.45) is 0 Å². The van der Waals surface area contributed by atoms with Crippen molar-refractivity contribution in [3.63, 3.8) is 0 Å². The highest BCUT2D eigenvalue weighted by Gasteiger charge is 2.47. The van der Waals surface area contributed by atoms with Crippen LogP contribution < -0.4 is 0 Å². The molecule has 0 aromatic carbocycles. The van der Waals surface area contributed by atoms with Crippen LogP contribution in [0.3, 0.4) is 0 Å². The second kappa shape index (κ2) is 2.17. The van der Waals surface area contributed by atoms with Crippen molar-refractivity contribution in [3.8, 4) is 0 Å². The van der Waals surface area contributed by atoms with Gasteiger partial charge in [0.05, 0.1) is 0 Å². The van der Waals surface area contributed by atoms with Crippen LogP contribution in [0.1, 0.15) is 0 Å². The van der Waals surface area contributed by atoms with Crippen molar-refractivity contribution in [2.45, 2.75) is 5.25 Å². The van der Waals surface area contributed by atoms with Gasteiger partial charge in [-0.25, -0.2) is 0 Å². The summed E-state index contributed by atoms with van der Waals surface area (Å²) in [6.45, 7) is 2.26. The lowest BCUT2D eigenvalue weighted by Gasteiger charge is -2.09. The van der Waals surface area contributed by atoms with Gasteiger partial charge in [-0.1, -0.05) is 6.58 Å². The molecule has 0 aliphatic rings. The molecule has 0 aromatic rings. The van der Waals surface area contributed by atoms with Crippen molar-refractivity contribution in [2.75, 3.05) is 0 Å². The van der Waals surface area contributed by atoms with E-state index >= 15 is 0 Å². The van der Waals surface area contributed by atoms with E-state index in [4.69, 9.17) is 9.66 Å². The molecule has 0 fully saturated rings. The molecule has 0 radical (unpaired) electrons. The van der Waals surface area contributed by atoms with E-state index in [1.165, 1.54) is 0 Å². The molecule has 0 amide bonds. The third-order valence-corrected chi connectivity index (χ3v) is 1.54. The van der Waals surface area contributed by atoms with Crippen LogP contribution in [-0.4, -0.2) is 23.3 Å². The van der Waals surface area contributed by atoms with Crippen LogP contribution in [0.25, 0.3) is 0 Å². The first-order valence-electron chi connectivity index (χ1n) is 1.93. The molecule has 0 rings (SSSR count). The molecule has 0 saturated carbocycles. The average molecular weight is 174 g/mol. The number of alkyl halides is 2. The summed E-state index contributed by atoms with van der Waals surface area (Å²) >= 11 is 0. The number of halogens is 2. The van der Waals surface area contributed by atoms with Crippen LogP contribution in [0.2, 0.25) is 0 Å². The molecule has 0 saturated heterocycles. The molecule has 0 bridgehead atoms. The lowest BCUT2D eigenvalue weighted by atomic mass is 10.6. The summed E-state index contributed by atoms with van der Waals surface area (Å²) in [5.41, 5.74) is 0. The highest BCUT2D eigenvalue weighted by Crippen LogP contribution is 2.25. The van der Waals surface area contributed by atoms with Gasteiger partial charge in [0.25, 0.3) is 0 Å². The SMILES string of the molecule is C=C(O)C(F)(F)S(=O)(=O)O. The number of aliphatic hydroxyl groups is 1. The molecule has 10 heavy (non-hydrogen) atoms. The number of aliphatic hydroxyl groups excluding tert-OH is 1. The summed E-state index contributed by atoms with van der Waals surface area (Å²) in [6.07, 6.45) is 0. The van der Waals surface area contributed by atoms with E-state index in [0.29, 0.717) is 0 Å². The van der Waals surface area contributed by atoms with E-state index in [0.717, 1.165) is 0 Å². The molecule has 4 nitrogen and oxygen atoms in total. The third-order valence-electron chi connectivity index (χ3n) is 0.660. The van der Waals surface area contributed by atoms with E-state index in [-0.39, 0.29) is 0 Å². The van der Waals surface area contributed by atoms with Crippen LogP contribution >= 0.6 is 0 Å². The van der Waals surface area contributed by atoms with Crippen LogP contribution in [0, 0.1) is 0 Å². The first-order valence-corrected chi connectivity index (χ1v) is 3.37. The lowest BCUT2D eigenvalue weighted by molar-refractivity contribution is 0.0726. The molecule has 0 aliphatic carbocycles.